The highest BCUT2D eigenvalue weighted by Crippen LogP contribution is 2.39. The van der Waals surface area contributed by atoms with Crippen LogP contribution in [0.3, 0.4) is 0 Å². The van der Waals surface area contributed by atoms with Crippen LogP contribution < -0.4 is 5.32 Å². The van der Waals surface area contributed by atoms with E-state index in [1.165, 1.54) is 12.1 Å². The van der Waals surface area contributed by atoms with Crippen molar-refractivity contribution in [2.45, 2.75) is 26.8 Å². The molecule has 1 aliphatic rings. The van der Waals surface area contributed by atoms with Crippen molar-refractivity contribution in [1.82, 2.24) is 10.2 Å². The third-order valence-corrected chi connectivity index (χ3v) is 3.62. The van der Waals surface area contributed by atoms with Gasteiger partial charge in [0.25, 0.3) is 0 Å². The molecule has 2 rings (SSSR count). The largest absolute Gasteiger partial charge is 0.505 e. The number of nitrogens with zero attached hydrogens (tertiary/aromatic N) is 1. The Bertz CT molecular complexity index is 436. The number of hydrogen-bond donors (Lipinski definition) is 2. The van der Waals surface area contributed by atoms with Gasteiger partial charge in [0.05, 0.1) is 0 Å². The number of phenols is 1. The summed E-state index contributed by atoms with van der Waals surface area (Å²) in [5.74, 6) is -0.821. The number of piperazine rings is 1. The van der Waals surface area contributed by atoms with Gasteiger partial charge >= 0.3 is 0 Å². The third kappa shape index (κ3) is 3.25. The van der Waals surface area contributed by atoms with Crippen molar-refractivity contribution in [2.75, 3.05) is 26.2 Å². The fourth-order valence-electron chi connectivity index (χ4n) is 2.89. The molecular weight excluding hydrogens is 243 g/mol. The van der Waals surface area contributed by atoms with Crippen molar-refractivity contribution in [3.8, 4) is 5.75 Å². The Balaban J connectivity index is 2.33. The van der Waals surface area contributed by atoms with Crippen molar-refractivity contribution in [3.63, 3.8) is 0 Å². The molecule has 1 aromatic rings. The van der Waals surface area contributed by atoms with Crippen LogP contribution in [0.4, 0.5) is 4.39 Å². The second kappa shape index (κ2) is 5.47. The quantitative estimate of drug-likeness (QED) is 0.863. The maximum absolute atomic E-state index is 13.6. The fraction of sp³-hybridized carbons (Fsp3) is 0.600. The molecule has 1 atom stereocenters. The van der Waals surface area contributed by atoms with E-state index >= 15 is 0 Å². The number of aromatic hydroxyl groups is 1. The van der Waals surface area contributed by atoms with Crippen LogP contribution in [0.15, 0.2) is 18.2 Å². The Hall–Kier alpha value is -1.13. The summed E-state index contributed by atoms with van der Waals surface area (Å²) in [6, 6.07) is 4.90. The van der Waals surface area contributed by atoms with E-state index in [0.29, 0.717) is 0 Å². The van der Waals surface area contributed by atoms with Gasteiger partial charge in [-0.15, -0.1) is 0 Å². The second-order valence-electron chi connectivity index (χ2n) is 6.27. The molecule has 1 aromatic carbocycles. The van der Waals surface area contributed by atoms with E-state index in [0.717, 1.165) is 31.7 Å². The SMILES string of the molecule is CC(C)(C)[C@H](c1ccc(O)c(F)c1)N1CCNCC1. The van der Waals surface area contributed by atoms with E-state index in [1.54, 1.807) is 0 Å². The zero-order valence-electron chi connectivity index (χ0n) is 11.9. The van der Waals surface area contributed by atoms with Gasteiger partial charge < -0.3 is 10.4 Å². The Kier molecular flexibility index (Phi) is 4.11. The summed E-state index contributed by atoms with van der Waals surface area (Å²) in [5.41, 5.74) is 0.950. The minimum atomic E-state index is -0.540. The summed E-state index contributed by atoms with van der Waals surface area (Å²) in [7, 11) is 0. The average molecular weight is 266 g/mol. The van der Waals surface area contributed by atoms with Gasteiger partial charge in [0.1, 0.15) is 0 Å². The molecule has 1 aliphatic heterocycles. The molecule has 0 aromatic heterocycles. The number of halogens is 1. The molecule has 0 aliphatic carbocycles. The van der Waals surface area contributed by atoms with Gasteiger partial charge in [-0.25, -0.2) is 4.39 Å². The highest BCUT2D eigenvalue weighted by Gasteiger charge is 2.32. The summed E-state index contributed by atoms with van der Waals surface area (Å²) in [5, 5.41) is 12.7. The van der Waals surface area contributed by atoms with Gasteiger partial charge in [0, 0.05) is 32.2 Å². The molecule has 4 heteroatoms. The van der Waals surface area contributed by atoms with Crippen molar-refractivity contribution in [2.24, 2.45) is 5.41 Å². The molecule has 19 heavy (non-hydrogen) atoms. The lowest BCUT2D eigenvalue weighted by Crippen LogP contribution is -2.48. The zero-order chi connectivity index (χ0) is 14.0. The molecule has 0 saturated carbocycles. The predicted octanol–water partition coefficient (Wildman–Crippen LogP) is 2.52. The van der Waals surface area contributed by atoms with Crippen LogP contribution in [0.5, 0.6) is 5.75 Å². The zero-order valence-corrected chi connectivity index (χ0v) is 11.9. The monoisotopic (exact) mass is 266 g/mol. The van der Waals surface area contributed by atoms with Gasteiger partial charge in [-0.3, -0.25) is 4.90 Å². The number of nitrogens with one attached hydrogen (secondary N) is 1. The van der Waals surface area contributed by atoms with Crippen LogP contribution in [-0.4, -0.2) is 36.2 Å². The molecular formula is C15H23FN2O. The lowest BCUT2D eigenvalue weighted by Gasteiger charge is -2.42. The number of hydrogen-bond acceptors (Lipinski definition) is 3. The van der Waals surface area contributed by atoms with Gasteiger partial charge in [-0.1, -0.05) is 26.8 Å². The summed E-state index contributed by atoms with van der Waals surface area (Å²) in [6.07, 6.45) is 0. The lowest BCUT2D eigenvalue weighted by atomic mass is 9.81. The van der Waals surface area contributed by atoms with E-state index in [4.69, 9.17) is 0 Å². The molecule has 1 heterocycles. The Morgan fingerprint density at radius 2 is 1.89 bits per heavy atom. The molecule has 1 saturated heterocycles. The summed E-state index contributed by atoms with van der Waals surface area (Å²) >= 11 is 0. The minimum absolute atomic E-state index is 0.0146. The fourth-order valence-corrected chi connectivity index (χ4v) is 2.89. The first kappa shape index (κ1) is 14.3. The number of phenolic OH excluding ortho intramolecular Hbond substituents is 1. The molecule has 2 N–H and O–H groups in total. The van der Waals surface area contributed by atoms with Crippen LogP contribution in [0.25, 0.3) is 0 Å². The van der Waals surface area contributed by atoms with Crippen molar-refractivity contribution in [3.05, 3.63) is 29.6 Å². The highest BCUT2D eigenvalue weighted by molar-refractivity contribution is 5.31. The molecule has 106 valence electrons. The average Bonchev–Trinajstić information content (AvgIpc) is 2.34. The van der Waals surface area contributed by atoms with E-state index in [2.05, 4.69) is 31.0 Å². The third-order valence-electron chi connectivity index (χ3n) is 3.62. The van der Waals surface area contributed by atoms with Crippen LogP contribution in [0.1, 0.15) is 32.4 Å². The smallest absolute Gasteiger partial charge is 0.165 e. The Labute approximate surface area is 114 Å². The Morgan fingerprint density at radius 3 is 2.42 bits per heavy atom. The first-order valence-electron chi connectivity index (χ1n) is 6.83. The second-order valence-corrected chi connectivity index (χ2v) is 6.27. The normalized spacial score (nSPS) is 19.4. The minimum Gasteiger partial charge on any atom is -0.505 e. The molecule has 0 radical (unpaired) electrons. The van der Waals surface area contributed by atoms with E-state index < -0.39 is 5.82 Å². The highest BCUT2D eigenvalue weighted by atomic mass is 19.1. The number of rotatable bonds is 2. The Morgan fingerprint density at radius 1 is 1.26 bits per heavy atom. The van der Waals surface area contributed by atoms with Crippen LogP contribution >= 0.6 is 0 Å². The summed E-state index contributed by atoms with van der Waals surface area (Å²) in [4.78, 5) is 2.39. The molecule has 0 unspecified atom stereocenters. The summed E-state index contributed by atoms with van der Waals surface area (Å²) in [6.45, 7) is 10.4. The number of benzene rings is 1. The lowest BCUT2D eigenvalue weighted by molar-refractivity contribution is 0.0859. The van der Waals surface area contributed by atoms with E-state index in [-0.39, 0.29) is 17.2 Å². The van der Waals surface area contributed by atoms with Gasteiger partial charge in [0.2, 0.25) is 0 Å². The molecule has 0 spiro atoms. The molecule has 3 nitrogen and oxygen atoms in total. The molecule has 1 fully saturated rings. The first-order valence-corrected chi connectivity index (χ1v) is 6.83. The topological polar surface area (TPSA) is 35.5 Å². The van der Waals surface area contributed by atoms with E-state index in [9.17, 15) is 9.50 Å². The van der Waals surface area contributed by atoms with Crippen molar-refractivity contribution in [1.29, 1.82) is 0 Å². The standard InChI is InChI=1S/C15H23FN2O/c1-15(2,3)14(18-8-6-17-7-9-18)11-4-5-13(19)12(16)10-11/h4-5,10,14,17,19H,6-9H2,1-3H3/t14-/m0/s1. The van der Waals surface area contributed by atoms with Crippen LogP contribution in [0, 0.1) is 11.2 Å². The maximum atomic E-state index is 13.6. The van der Waals surface area contributed by atoms with Crippen molar-refractivity contribution >= 4 is 0 Å². The molecule has 0 amide bonds. The first-order chi connectivity index (χ1) is 8.89. The van der Waals surface area contributed by atoms with Crippen molar-refractivity contribution < 1.29 is 9.50 Å². The van der Waals surface area contributed by atoms with Crippen LogP contribution in [-0.2, 0) is 0 Å². The van der Waals surface area contributed by atoms with Gasteiger partial charge in [-0.05, 0) is 23.1 Å². The van der Waals surface area contributed by atoms with Crippen LogP contribution in [0.2, 0.25) is 0 Å². The predicted molar refractivity (Wildman–Crippen MR) is 74.7 cm³/mol. The maximum Gasteiger partial charge on any atom is 0.165 e. The summed E-state index contributed by atoms with van der Waals surface area (Å²) < 4.78 is 13.6. The van der Waals surface area contributed by atoms with Gasteiger partial charge in [-0.2, -0.15) is 0 Å². The van der Waals surface area contributed by atoms with E-state index in [1.807, 2.05) is 6.07 Å². The molecule has 0 bridgehead atoms. The van der Waals surface area contributed by atoms with Gasteiger partial charge in [0.15, 0.2) is 11.6 Å².